The Kier molecular flexibility index (Phi) is 4.66. The number of hydrogen-bond donors (Lipinski definition) is 0. The summed E-state index contributed by atoms with van der Waals surface area (Å²) in [7, 11) is 0. The minimum absolute atomic E-state index is 1.23. The highest BCUT2D eigenvalue weighted by Gasteiger charge is 2.31. The maximum atomic E-state index is 2.32. The van der Waals surface area contributed by atoms with Crippen molar-refractivity contribution in [2.75, 3.05) is 0 Å². The van der Waals surface area contributed by atoms with Crippen LogP contribution >= 0.6 is 22.7 Å². The molecule has 0 radical (unpaired) electrons. The first-order valence-electron chi connectivity index (χ1n) is 9.24. The maximum absolute atomic E-state index is 2.32. The van der Waals surface area contributed by atoms with Gasteiger partial charge in [0.25, 0.3) is 0 Å². The Morgan fingerprint density at radius 3 is 1.29 bits per heavy atom. The molecule has 0 bridgehead atoms. The van der Waals surface area contributed by atoms with Crippen LogP contribution in [0.4, 0.5) is 0 Å². The first-order chi connectivity index (χ1) is 13.9. The molecule has 0 N–H and O–H groups in total. The van der Waals surface area contributed by atoms with Gasteiger partial charge >= 0.3 is 0 Å². The zero-order valence-electron chi connectivity index (χ0n) is 15.2. The van der Waals surface area contributed by atoms with Crippen LogP contribution in [0.5, 0.6) is 0 Å². The van der Waals surface area contributed by atoms with Crippen LogP contribution < -0.4 is 0 Å². The van der Waals surface area contributed by atoms with Gasteiger partial charge in [-0.05, 0) is 90.4 Å². The number of hydrogen-bond acceptors (Lipinski definition) is 2. The fourth-order valence-corrected chi connectivity index (χ4v) is 4.91. The predicted octanol–water partition coefficient (Wildman–Crippen LogP) is 7.90. The van der Waals surface area contributed by atoms with Gasteiger partial charge in [0.1, 0.15) is 0 Å². The van der Waals surface area contributed by atoms with Gasteiger partial charge in [-0.15, -0.1) is 0 Å². The second kappa shape index (κ2) is 7.59. The van der Waals surface area contributed by atoms with Crippen molar-refractivity contribution >= 4 is 46.0 Å². The van der Waals surface area contributed by atoms with Crippen LogP contribution in [-0.4, -0.2) is 0 Å². The van der Waals surface area contributed by atoms with Crippen LogP contribution in [0.1, 0.15) is 22.3 Å². The molecular formula is C26H18S2. The molecule has 28 heavy (non-hydrogen) atoms. The summed E-state index contributed by atoms with van der Waals surface area (Å²) < 4.78 is 0. The fraction of sp³-hybridized carbons (Fsp3) is 0. The van der Waals surface area contributed by atoms with Crippen molar-refractivity contribution in [2.45, 2.75) is 0 Å². The normalized spacial score (nSPS) is 16.6. The zero-order valence-corrected chi connectivity index (χ0v) is 16.8. The van der Waals surface area contributed by atoms with Gasteiger partial charge in [-0.3, -0.25) is 0 Å². The molecule has 0 spiro atoms. The number of thiophene rings is 2. The van der Waals surface area contributed by atoms with E-state index in [1.165, 1.54) is 44.5 Å². The summed E-state index contributed by atoms with van der Waals surface area (Å²) in [6.45, 7) is 0. The van der Waals surface area contributed by atoms with Crippen molar-refractivity contribution in [1.82, 2.24) is 0 Å². The van der Waals surface area contributed by atoms with Crippen LogP contribution in [0.25, 0.3) is 23.3 Å². The number of allylic oxidation sites excluding steroid dienone is 4. The Labute approximate surface area is 173 Å². The molecule has 0 aliphatic heterocycles. The summed E-state index contributed by atoms with van der Waals surface area (Å²) in [5.74, 6) is 0. The average molecular weight is 395 g/mol. The van der Waals surface area contributed by atoms with Crippen molar-refractivity contribution in [3.05, 3.63) is 128 Å². The van der Waals surface area contributed by atoms with E-state index in [0.717, 1.165) is 0 Å². The molecule has 0 amide bonds. The summed E-state index contributed by atoms with van der Waals surface area (Å²) in [5.41, 5.74) is 10.4. The molecule has 0 nitrogen and oxygen atoms in total. The SMILES string of the molecule is C(=C1C(=Cc2ccccc2)C(c2ccsc2)=C1c1ccsc1)c1ccccc1. The lowest BCUT2D eigenvalue weighted by Crippen LogP contribution is -2.10. The molecule has 0 saturated heterocycles. The average Bonchev–Trinajstić information content (AvgIpc) is 3.44. The van der Waals surface area contributed by atoms with Crippen LogP contribution in [0.15, 0.2) is 105 Å². The zero-order chi connectivity index (χ0) is 18.8. The monoisotopic (exact) mass is 394 g/mol. The summed E-state index contributed by atoms with van der Waals surface area (Å²) in [4.78, 5) is 0. The van der Waals surface area contributed by atoms with Crippen molar-refractivity contribution in [2.24, 2.45) is 0 Å². The number of benzene rings is 2. The fourth-order valence-electron chi connectivity index (χ4n) is 3.62. The van der Waals surface area contributed by atoms with E-state index >= 15 is 0 Å². The van der Waals surface area contributed by atoms with Gasteiger partial charge < -0.3 is 0 Å². The summed E-state index contributed by atoms with van der Waals surface area (Å²) in [5, 5.41) is 8.82. The van der Waals surface area contributed by atoms with E-state index < -0.39 is 0 Å². The quantitative estimate of drug-likeness (QED) is 0.330. The van der Waals surface area contributed by atoms with Crippen molar-refractivity contribution < 1.29 is 0 Å². The van der Waals surface area contributed by atoms with E-state index in [1.807, 2.05) is 0 Å². The van der Waals surface area contributed by atoms with Crippen molar-refractivity contribution in [3.63, 3.8) is 0 Å². The smallest absolute Gasteiger partial charge is 0.00115 e. The second-order valence-corrected chi connectivity index (χ2v) is 8.27. The molecular weight excluding hydrogens is 376 g/mol. The number of rotatable bonds is 4. The van der Waals surface area contributed by atoms with Crippen LogP contribution in [0.3, 0.4) is 0 Å². The topological polar surface area (TPSA) is 0 Å². The minimum Gasteiger partial charge on any atom is -0.152 e. The van der Waals surface area contributed by atoms with E-state index in [9.17, 15) is 0 Å². The first-order valence-corrected chi connectivity index (χ1v) is 11.1. The second-order valence-electron chi connectivity index (χ2n) is 6.71. The predicted molar refractivity (Wildman–Crippen MR) is 124 cm³/mol. The highest BCUT2D eigenvalue weighted by molar-refractivity contribution is 7.08. The highest BCUT2D eigenvalue weighted by atomic mass is 32.1. The lowest BCUT2D eigenvalue weighted by molar-refractivity contribution is 1.48. The van der Waals surface area contributed by atoms with Gasteiger partial charge in [-0.1, -0.05) is 60.7 Å². The third-order valence-corrected chi connectivity index (χ3v) is 6.29. The molecule has 2 aromatic carbocycles. The van der Waals surface area contributed by atoms with E-state index in [4.69, 9.17) is 0 Å². The molecule has 134 valence electrons. The summed E-state index contributed by atoms with van der Waals surface area (Å²) in [6, 6.07) is 25.6. The molecule has 2 heteroatoms. The Hall–Kier alpha value is -2.94. The standard InChI is InChI=1S/C26H18S2/c1-3-7-19(8-4-1)15-23-24(16-20-9-5-2-6-10-20)26(22-12-14-28-18-22)25(23)21-11-13-27-17-21/h1-18H. The third-order valence-electron chi connectivity index (χ3n) is 4.92. The van der Waals surface area contributed by atoms with Crippen LogP contribution in [-0.2, 0) is 0 Å². The third kappa shape index (κ3) is 3.22. The molecule has 0 atom stereocenters. The van der Waals surface area contributed by atoms with Crippen molar-refractivity contribution in [1.29, 1.82) is 0 Å². The van der Waals surface area contributed by atoms with E-state index in [2.05, 4.69) is 106 Å². The lowest BCUT2D eigenvalue weighted by Gasteiger charge is -2.31. The molecule has 4 aromatic rings. The molecule has 5 rings (SSSR count). The van der Waals surface area contributed by atoms with Gasteiger partial charge in [0.05, 0.1) is 0 Å². The molecule has 1 aliphatic carbocycles. The summed E-state index contributed by atoms with van der Waals surface area (Å²) in [6.07, 6.45) is 4.63. The van der Waals surface area contributed by atoms with Gasteiger partial charge in [-0.2, -0.15) is 22.7 Å². The molecule has 1 aliphatic rings. The largest absolute Gasteiger partial charge is 0.152 e. The van der Waals surface area contributed by atoms with Gasteiger partial charge in [0.15, 0.2) is 0 Å². The molecule has 2 heterocycles. The van der Waals surface area contributed by atoms with Gasteiger partial charge in [-0.25, -0.2) is 0 Å². The van der Waals surface area contributed by atoms with Gasteiger partial charge in [0, 0.05) is 0 Å². The Balaban J connectivity index is 1.74. The van der Waals surface area contributed by atoms with E-state index in [0.29, 0.717) is 0 Å². The Bertz CT molecular complexity index is 1060. The van der Waals surface area contributed by atoms with Crippen LogP contribution in [0, 0.1) is 0 Å². The molecule has 2 aromatic heterocycles. The minimum atomic E-state index is 1.23. The highest BCUT2D eigenvalue weighted by Crippen LogP contribution is 2.53. The molecule has 0 fully saturated rings. The van der Waals surface area contributed by atoms with E-state index in [-0.39, 0.29) is 0 Å². The Morgan fingerprint density at radius 1 is 0.500 bits per heavy atom. The maximum Gasteiger partial charge on any atom is -0.00115 e. The lowest BCUT2D eigenvalue weighted by atomic mass is 9.71. The molecule has 0 unspecified atom stereocenters. The van der Waals surface area contributed by atoms with Gasteiger partial charge in [0.2, 0.25) is 0 Å². The van der Waals surface area contributed by atoms with E-state index in [1.54, 1.807) is 22.7 Å². The van der Waals surface area contributed by atoms with Crippen molar-refractivity contribution in [3.8, 4) is 0 Å². The van der Waals surface area contributed by atoms with Crippen LogP contribution in [0.2, 0.25) is 0 Å². The summed E-state index contributed by atoms with van der Waals surface area (Å²) >= 11 is 3.50. The Morgan fingerprint density at radius 2 is 0.929 bits per heavy atom. The first kappa shape index (κ1) is 17.2. The molecule has 0 saturated carbocycles.